The van der Waals surface area contributed by atoms with E-state index in [0.29, 0.717) is 11.5 Å². The predicted octanol–water partition coefficient (Wildman–Crippen LogP) is 5.21. The average molecular weight is 375 g/mol. The van der Waals surface area contributed by atoms with Gasteiger partial charge in [0.2, 0.25) is 0 Å². The molecule has 3 nitrogen and oxygen atoms in total. The van der Waals surface area contributed by atoms with E-state index in [1.165, 1.54) is 17.8 Å². The molecule has 1 aromatic heterocycles. The summed E-state index contributed by atoms with van der Waals surface area (Å²) in [4.78, 5) is 2.41. The molecule has 0 saturated carbocycles. The van der Waals surface area contributed by atoms with Gasteiger partial charge in [-0.2, -0.15) is 5.26 Å². The summed E-state index contributed by atoms with van der Waals surface area (Å²) in [5, 5.41) is 9.15. The Morgan fingerprint density at radius 2 is 1.79 bits per heavy atom. The van der Waals surface area contributed by atoms with Crippen molar-refractivity contribution in [2.75, 3.05) is 6.54 Å². The van der Waals surface area contributed by atoms with E-state index in [1.54, 1.807) is 0 Å². The predicted molar refractivity (Wildman–Crippen MR) is 110 cm³/mol. The lowest BCUT2D eigenvalue weighted by Crippen LogP contribution is -2.28. The molecular formula is C24H26FN3. The smallest absolute Gasteiger partial charge is 0.123 e. The Morgan fingerprint density at radius 3 is 2.50 bits per heavy atom. The molecule has 0 amide bonds. The van der Waals surface area contributed by atoms with Crippen LogP contribution in [0.15, 0.2) is 66.9 Å². The molecule has 0 fully saturated rings. The van der Waals surface area contributed by atoms with Crippen LogP contribution in [0.2, 0.25) is 0 Å². The Labute approximate surface area is 166 Å². The number of halogens is 1. The summed E-state index contributed by atoms with van der Waals surface area (Å²) in [6.07, 6.45) is 2.07. The van der Waals surface area contributed by atoms with Crippen molar-refractivity contribution >= 4 is 0 Å². The molecule has 0 bridgehead atoms. The molecule has 1 heterocycles. The Hall–Kier alpha value is -2.90. The molecule has 4 heteroatoms. The van der Waals surface area contributed by atoms with Crippen molar-refractivity contribution in [3.8, 4) is 6.07 Å². The van der Waals surface area contributed by atoms with Crippen molar-refractivity contribution in [2.24, 2.45) is 5.92 Å². The number of rotatable bonds is 8. The largest absolute Gasteiger partial charge is 0.346 e. The first-order valence-electron chi connectivity index (χ1n) is 9.63. The molecule has 0 aliphatic heterocycles. The van der Waals surface area contributed by atoms with Gasteiger partial charge in [0.05, 0.1) is 11.6 Å². The highest BCUT2D eigenvalue weighted by molar-refractivity contribution is 5.32. The van der Waals surface area contributed by atoms with Crippen LogP contribution >= 0.6 is 0 Å². The van der Waals surface area contributed by atoms with E-state index in [0.717, 1.165) is 37.3 Å². The third-order valence-corrected chi connectivity index (χ3v) is 4.66. The molecule has 0 radical (unpaired) electrons. The summed E-state index contributed by atoms with van der Waals surface area (Å²) in [6, 6.07) is 20.9. The first kappa shape index (κ1) is 19.9. The zero-order chi connectivity index (χ0) is 19.9. The molecule has 0 unspecified atom stereocenters. The summed E-state index contributed by atoms with van der Waals surface area (Å²) in [7, 11) is 0. The Bertz CT molecular complexity index is 935. The molecule has 3 aromatic rings. The third-order valence-electron chi connectivity index (χ3n) is 4.66. The molecule has 0 aliphatic rings. The van der Waals surface area contributed by atoms with Gasteiger partial charge < -0.3 is 4.57 Å². The Morgan fingerprint density at radius 1 is 1.00 bits per heavy atom. The van der Waals surface area contributed by atoms with Crippen LogP contribution in [0, 0.1) is 23.1 Å². The van der Waals surface area contributed by atoms with Crippen LogP contribution in [0.3, 0.4) is 0 Å². The van der Waals surface area contributed by atoms with E-state index < -0.39 is 0 Å². The minimum absolute atomic E-state index is 0.209. The number of benzene rings is 2. The van der Waals surface area contributed by atoms with Gasteiger partial charge in [-0.05, 0) is 53.4 Å². The second kappa shape index (κ2) is 9.34. The lowest BCUT2D eigenvalue weighted by molar-refractivity contribution is 0.222. The summed E-state index contributed by atoms with van der Waals surface area (Å²) >= 11 is 0. The maximum Gasteiger partial charge on any atom is 0.123 e. The van der Waals surface area contributed by atoms with Crippen molar-refractivity contribution in [1.82, 2.24) is 9.47 Å². The minimum atomic E-state index is -0.209. The summed E-state index contributed by atoms with van der Waals surface area (Å²) in [5.41, 5.74) is 4.15. The Balaban J connectivity index is 1.75. The van der Waals surface area contributed by atoms with Gasteiger partial charge in [0.1, 0.15) is 5.82 Å². The maximum atomic E-state index is 13.2. The van der Waals surface area contributed by atoms with Crippen LogP contribution in [0.4, 0.5) is 4.39 Å². The SMILES string of the molecule is CC(C)CN(Cc1cccc(C#N)c1)Cc1cccn1Cc1ccc(F)cc1. The van der Waals surface area contributed by atoms with Gasteiger partial charge in [-0.25, -0.2) is 4.39 Å². The van der Waals surface area contributed by atoms with E-state index in [1.807, 2.05) is 30.3 Å². The van der Waals surface area contributed by atoms with E-state index in [9.17, 15) is 4.39 Å². The molecule has 0 atom stereocenters. The first-order valence-corrected chi connectivity index (χ1v) is 9.63. The number of nitrogens with zero attached hydrogens (tertiary/aromatic N) is 3. The molecule has 0 spiro atoms. The van der Waals surface area contributed by atoms with Crippen molar-refractivity contribution in [1.29, 1.82) is 5.26 Å². The fourth-order valence-corrected chi connectivity index (χ4v) is 3.46. The molecule has 0 aliphatic carbocycles. The highest BCUT2D eigenvalue weighted by Crippen LogP contribution is 2.16. The standard InChI is InChI=1S/C24H26FN3/c1-19(2)15-27(16-22-6-3-5-21(13-22)14-26)18-24-7-4-12-28(24)17-20-8-10-23(25)11-9-20/h3-13,19H,15-18H2,1-2H3. The Kier molecular flexibility index (Phi) is 6.62. The summed E-state index contributed by atoms with van der Waals surface area (Å²) < 4.78 is 15.4. The molecule has 0 saturated heterocycles. The quantitative estimate of drug-likeness (QED) is 0.542. The molecule has 28 heavy (non-hydrogen) atoms. The number of nitriles is 1. The number of hydrogen-bond donors (Lipinski definition) is 0. The van der Waals surface area contributed by atoms with Crippen LogP contribution in [-0.4, -0.2) is 16.0 Å². The zero-order valence-corrected chi connectivity index (χ0v) is 16.5. The van der Waals surface area contributed by atoms with Crippen molar-refractivity contribution in [3.63, 3.8) is 0 Å². The fourth-order valence-electron chi connectivity index (χ4n) is 3.46. The molecular weight excluding hydrogens is 349 g/mol. The zero-order valence-electron chi connectivity index (χ0n) is 16.5. The van der Waals surface area contributed by atoms with Crippen molar-refractivity contribution in [3.05, 3.63) is 95.1 Å². The van der Waals surface area contributed by atoms with E-state index >= 15 is 0 Å². The highest BCUT2D eigenvalue weighted by Gasteiger charge is 2.12. The first-order chi connectivity index (χ1) is 13.5. The molecule has 3 rings (SSSR count). The van der Waals surface area contributed by atoms with Gasteiger partial charge in [-0.15, -0.1) is 0 Å². The van der Waals surface area contributed by atoms with Gasteiger partial charge in [-0.1, -0.05) is 38.1 Å². The minimum Gasteiger partial charge on any atom is -0.346 e. The van der Waals surface area contributed by atoms with Crippen LogP contribution in [0.1, 0.15) is 36.2 Å². The van der Waals surface area contributed by atoms with Crippen molar-refractivity contribution < 1.29 is 4.39 Å². The van der Waals surface area contributed by atoms with Crippen molar-refractivity contribution in [2.45, 2.75) is 33.5 Å². The van der Waals surface area contributed by atoms with Gasteiger partial charge in [0, 0.05) is 38.1 Å². The molecule has 144 valence electrons. The van der Waals surface area contributed by atoms with Gasteiger partial charge in [0.25, 0.3) is 0 Å². The average Bonchev–Trinajstić information content (AvgIpc) is 3.10. The van der Waals surface area contributed by atoms with Crippen LogP contribution < -0.4 is 0 Å². The van der Waals surface area contributed by atoms with E-state index in [4.69, 9.17) is 5.26 Å². The highest BCUT2D eigenvalue weighted by atomic mass is 19.1. The summed E-state index contributed by atoms with van der Waals surface area (Å²) in [5.74, 6) is 0.332. The van der Waals surface area contributed by atoms with E-state index in [-0.39, 0.29) is 5.82 Å². The fraction of sp³-hybridized carbons (Fsp3) is 0.292. The van der Waals surface area contributed by atoms with Crippen LogP contribution in [-0.2, 0) is 19.6 Å². The number of hydrogen-bond acceptors (Lipinski definition) is 2. The topological polar surface area (TPSA) is 32.0 Å². The second-order valence-corrected chi connectivity index (χ2v) is 7.63. The third kappa shape index (κ3) is 5.55. The lowest BCUT2D eigenvalue weighted by atomic mass is 10.1. The van der Waals surface area contributed by atoms with Crippen LogP contribution in [0.5, 0.6) is 0 Å². The second-order valence-electron chi connectivity index (χ2n) is 7.63. The van der Waals surface area contributed by atoms with Gasteiger partial charge in [0.15, 0.2) is 0 Å². The molecule has 2 aromatic carbocycles. The summed E-state index contributed by atoms with van der Waals surface area (Å²) in [6.45, 7) is 7.76. The molecule has 0 N–H and O–H groups in total. The van der Waals surface area contributed by atoms with Gasteiger partial charge in [-0.3, -0.25) is 4.90 Å². The number of aromatic nitrogens is 1. The van der Waals surface area contributed by atoms with Gasteiger partial charge >= 0.3 is 0 Å². The van der Waals surface area contributed by atoms with Crippen LogP contribution in [0.25, 0.3) is 0 Å². The van der Waals surface area contributed by atoms with E-state index in [2.05, 4.69) is 53.8 Å². The normalized spacial score (nSPS) is 11.1. The monoisotopic (exact) mass is 375 g/mol. The lowest BCUT2D eigenvalue weighted by Gasteiger charge is -2.25. The maximum absolute atomic E-state index is 13.2.